The van der Waals surface area contributed by atoms with Gasteiger partial charge in [0.05, 0.1) is 19.1 Å². The van der Waals surface area contributed by atoms with Crippen molar-refractivity contribution in [2.45, 2.75) is 50.0 Å². The van der Waals surface area contributed by atoms with E-state index in [1.54, 1.807) is 42.5 Å². The molecule has 0 radical (unpaired) electrons. The topological polar surface area (TPSA) is 180 Å². The highest BCUT2D eigenvalue weighted by Crippen LogP contribution is 2.24. The van der Waals surface area contributed by atoms with Crippen LogP contribution in [0.25, 0.3) is 11.1 Å². The zero-order valence-corrected chi connectivity index (χ0v) is 25.3. The standard InChI is InChI=1S/C33H36F3N5O6/c34-33(35,36)30(45)25(17-18-27(37)42)40-28(43)20-39-32(47)26(16-11-21-7-3-1-4-8-21)41-29(44)19-38-31(46)24-14-12-23(13-15-24)22-9-5-2-6-10-22/h1-10,12-15,25-26,30,45H,11,16-20H2,(H2,37,42)(H,38,46)(H,39,47)(H,40,43)(H,41,44)/t25?,26-,30?/m0/s1. The molecule has 0 heterocycles. The van der Waals surface area contributed by atoms with Crippen LogP contribution in [-0.2, 0) is 25.6 Å². The summed E-state index contributed by atoms with van der Waals surface area (Å²) in [5.41, 5.74) is 8.02. The molecule has 0 aliphatic carbocycles. The first kappa shape index (κ1) is 36.2. The number of alkyl halides is 3. The molecule has 3 aromatic rings. The van der Waals surface area contributed by atoms with Crippen LogP contribution in [0, 0.1) is 0 Å². The fourth-order valence-electron chi connectivity index (χ4n) is 4.56. The number of nitrogens with one attached hydrogen (secondary N) is 4. The van der Waals surface area contributed by atoms with E-state index >= 15 is 0 Å². The highest BCUT2D eigenvalue weighted by molar-refractivity contribution is 5.97. The number of aliphatic hydroxyl groups excluding tert-OH is 1. The molecule has 0 bridgehead atoms. The van der Waals surface area contributed by atoms with Gasteiger partial charge in [-0.2, -0.15) is 13.2 Å². The molecule has 0 aromatic heterocycles. The summed E-state index contributed by atoms with van der Waals surface area (Å²) in [5.74, 6) is -4.03. The Hall–Kier alpha value is -5.24. The smallest absolute Gasteiger partial charge is 0.382 e. The van der Waals surface area contributed by atoms with Crippen LogP contribution in [0.1, 0.15) is 35.2 Å². The average Bonchev–Trinajstić information content (AvgIpc) is 3.06. The normalized spacial score (nSPS) is 13.0. The first-order valence-corrected chi connectivity index (χ1v) is 14.7. The number of benzene rings is 3. The van der Waals surface area contributed by atoms with Gasteiger partial charge >= 0.3 is 6.18 Å². The minimum Gasteiger partial charge on any atom is -0.382 e. The first-order valence-electron chi connectivity index (χ1n) is 14.7. The quantitative estimate of drug-likeness (QED) is 0.137. The van der Waals surface area contributed by atoms with E-state index in [2.05, 4.69) is 16.0 Å². The molecule has 3 rings (SSSR count). The van der Waals surface area contributed by atoms with Gasteiger partial charge in [0.2, 0.25) is 23.6 Å². The summed E-state index contributed by atoms with van der Waals surface area (Å²) in [5, 5.41) is 18.9. The second kappa shape index (κ2) is 17.5. The maximum atomic E-state index is 13.1. The Kier molecular flexibility index (Phi) is 13.5. The zero-order chi connectivity index (χ0) is 34.4. The van der Waals surface area contributed by atoms with E-state index in [0.717, 1.165) is 16.7 Å². The third kappa shape index (κ3) is 12.2. The van der Waals surface area contributed by atoms with Crippen LogP contribution in [0.15, 0.2) is 84.9 Å². The molecule has 2 unspecified atom stereocenters. The van der Waals surface area contributed by atoms with Gasteiger partial charge in [-0.3, -0.25) is 24.0 Å². The molecule has 0 aliphatic heterocycles. The summed E-state index contributed by atoms with van der Waals surface area (Å²) in [4.78, 5) is 61.9. The monoisotopic (exact) mass is 655 g/mol. The van der Waals surface area contributed by atoms with E-state index in [4.69, 9.17) is 5.73 Å². The lowest BCUT2D eigenvalue weighted by Gasteiger charge is -2.26. The van der Waals surface area contributed by atoms with Crippen molar-refractivity contribution in [1.82, 2.24) is 21.3 Å². The number of carbonyl (C=O) groups excluding carboxylic acids is 5. The lowest BCUT2D eigenvalue weighted by atomic mass is 10.0. The zero-order valence-electron chi connectivity index (χ0n) is 25.3. The van der Waals surface area contributed by atoms with E-state index in [-0.39, 0.29) is 6.42 Å². The number of amides is 5. The Labute approximate surface area is 269 Å². The molecule has 3 atom stereocenters. The van der Waals surface area contributed by atoms with E-state index in [0.29, 0.717) is 12.0 Å². The molecule has 11 nitrogen and oxygen atoms in total. The number of hydrogen-bond acceptors (Lipinski definition) is 6. The molecule has 0 aliphatic rings. The average molecular weight is 656 g/mol. The molecule has 47 heavy (non-hydrogen) atoms. The van der Waals surface area contributed by atoms with Crippen LogP contribution >= 0.6 is 0 Å². The molecule has 3 aromatic carbocycles. The number of halogens is 3. The van der Waals surface area contributed by atoms with Crippen LogP contribution in [-0.4, -0.2) is 72.1 Å². The summed E-state index contributed by atoms with van der Waals surface area (Å²) in [6.07, 6.45) is -8.75. The molecule has 7 N–H and O–H groups in total. The number of nitrogens with two attached hydrogens (primary N) is 1. The lowest BCUT2D eigenvalue weighted by Crippen LogP contribution is -2.54. The Morgan fingerprint density at radius 2 is 1.28 bits per heavy atom. The molecular formula is C33H36F3N5O6. The van der Waals surface area contributed by atoms with Crippen molar-refractivity contribution in [3.05, 3.63) is 96.1 Å². The van der Waals surface area contributed by atoms with Gasteiger partial charge in [0.25, 0.3) is 5.91 Å². The summed E-state index contributed by atoms with van der Waals surface area (Å²) < 4.78 is 39.2. The van der Waals surface area contributed by atoms with E-state index in [1.165, 1.54) is 0 Å². The maximum absolute atomic E-state index is 13.1. The predicted octanol–water partition coefficient (Wildman–Crippen LogP) is 1.99. The third-order valence-electron chi connectivity index (χ3n) is 7.07. The fraction of sp³-hybridized carbons (Fsp3) is 0.303. The van der Waals surface area contributed by atoms with Gasteiger partial charge in [0.1, 0.15) is 6.04 Å². The predicted molar refractivity (Wildman–Crippen MR) is 166 cm³/mol. The van der Waals surface area contributed by atoms with E-state index in [1.807, 2.05) is 47.8 Å². The minimum atomic E-state index is -5.09. The summed E-state index contributed by atoms with van der Waals surface area (Å²) in [7, 11) is 0. The number of hydrogen-bond donors (Lipinski definition) is 6. The van der Waals surface area contributed by atoms with Gasteiger partial charge in [-0.05, 0) is 48.1 Å². The molecule has 250 valence electrons. The molecule has 0 saturated carbocycles. The highest BCUT2D eigenvalue weighted by atomic mass is 19.4. The van der Waals surface area contributed by atoms with Crippen LogP contribution in [0.2, 0.25) is 0 Å². The van der Waals surface area contributed by atoms with Crippen molar-refractivity contribution in [1.29, 1.82) is 0 Å². The van der Waals surface area contributed by atoms with Gasteiger partial charge in [-0.1, -0.05) is 72.8 Å². The van der Waals surface area contributed by atoms with Gasteiger partial charge in [-0.15, -0.1) is 0 Å². The molecule has 5 amide bonds. The fourth-order valence-corrected chi connectivity index (χ4v) is 4.56. The number of carbonyl (C=O) groups is 5. The number of aryl methyl sites for hydroxylation is 1. The van der Waals surface area contributed by atoms with Crippen molar-refractivity contribution in [2.24, 2.45) is 5.73 Å². The number of primary amides is 1. The van der Waals surface area contributed by atoms with Crippen molar-refractivity contribution >= 4 is 29.5 Å². The second-order valence-corrected chi connectivity index (χ2v) is 10.7. The van der Waals surface area contributed by atoms with Gasteiger partial charge in [0, 0.05) is 12.0 Å². The summed E-state index contributed by atoms with van der Waals surface area (Å²) in [6.45, 7) is -1.25. The Morgan fingerprint density at radius 1 is 0.723 bits per heavy atom. The Bertz CT molecular complexity index is 1500. The largest absolute Gasteiger partial charge is 0.416 e. The van der Waals surface area contributed by atoms with Crippen molar-refractivity contribution in [2.75, 3.05) is 13.1 Å². The SMILES string of the molecule is NC(=O)CCC(NC(=O)CNC(=O)[C@H](CCc1ccccc1)NC(=O)CNC(=O)c1ccc(-c2ccccc2)cc1)C(O)C(F)(F)F. The van der Waals surface area contributed by atoms with Crippen LogP contribution in [0.3, 0.4) is 0 Å². The van der Waals surface area contributed by atoms with Crippen molar-refractivity contribution in [3.63, 3.8) is 0 Å². The second-order valence-electron chi connectivity index (χ2n) is 10.7. The lowest BCUT2D eigenvalue weighted by molar-refractivity contribution is -0.212. The third-order valence-corrected chi connectivity index (χ3v) is 7.07. The summed E-state index contributed by atoms with van der Waals surface area (Å²) >= 11 is 0. The van der Waals surface area contributed by atoms with E-state index < -0.39 is 79.8 Å². The Morgan fingerprint density at radius 3 is 1.87 bits per heavy atom. The molecule has 0 spiro atoms. The summed E-state index contributed by atoms with van der Waals surface area (Å²) in [6, 6.07) is 22.2. The van der Waals surface area contributed by atoms with Crippen molar-refractivity contribution in [3.8, 4) is 11.1 Å². The molecule has 0 saturated heterocycles. The highest BCUT2D eigenvalue weighted by Gasteiger charge is 2.44. The molecular weight excluding hydrogens is 619 g/mol. The van der Waals surface area contributed by atoms with Crippen LogP contribution in [0.4, 0.5) is 13.2 Å². The number of aliphatic hydroxyl groups is 1. The van der Waals surface area contributed by atoms with Gasteiger partial charge in [-0.25, -0.2) is 0 Å². The van der Waals surface area contributed by atoms with Gasteiger partial charge in [0.15, 0.2) is 6.10 Å². The first-order chi connectivity index (χ1) is 22.3. The van der Waals surface area contributed by atoms with Crippen LogP contribution in [0.5, 0.6) is 0 Å². The Balaban J connectivity index is 1.59. The van der Waals surface area contributed by atoms with Crippen LogP contribution < -0.4 is 27.0 Å². The minimum absolute atomic E-state index is 0.0894. The van der Waals surface area contributed by atoms with Crippen molar-refractivity contribution < 1.29 is 42.3 Å². The molecule has 14 heteroatoms. The van der Waals surface area contributed by atoms with Gasteiger partial charge < -0.3 is 32.1 Å². The molecule has 0 fully saturated rings. The van der Waals surface area contributed by atoms with E-state index in [9.17, 15) is 42.3 Å². The maximum Gasteiger partial charge on any atom is 0.416 e. The number of rotatable bonds is 16.